The Bertz CT molecular complexity index is 132. The van der Waals surface area contributed by atoms with Crippen molar-refractivity contribution in [1.29, 1.82) is 0 Å². The summed E-state index contributed by atoms with van der Waals surface area (Å²) in [7, 11) is 0. The van der Waals surface area contributed by atoms with E-state index >= 15 is 0 Å². The highest BCUT2D eigenvalue weighted by Gasteiger charge is 2.23. The van der Waals surface area contributed by atoms with Crippen molar-refractivity contribution in [2.45, 2.75) is 45.4 Å². The van der Waals surface area contributed by atoms with E-state index in [1.165, 1.54) is 32.1 Å². The number of aliphatic hydroxyl groups excluding tert-OH is 1. The molecule has 1 aliphatic carbocycles. The Balaban J connectivity index is 2.11. The zero-order valence-electron chi connectivity index (χ0n) is 9.47. The van der Waals surface area contributed by atoms with Gasteiger partial charge in [0.05, 0.1) is 0 Å². The molecule has 14 heavy (non-hydrogen) atoms. The summed E-state index contributed by atoms with van der Waals surface area (Å²) < 4.78 is 0. The standard InChI is InChI=1S/C12H25NO/c1-2-8-13-9-7-12(10-14)11-5-3-4-6-11/h11-14H,2-10H2,1H3. The first-order valence-corrected chi connectivity index (χ1v) is 6.20. The van der Waals surface area contributed by atoms with Crippen molar-refractivity contribution in [3.63, 3.8) is 0 Å². The number of aliphatic hydroxyl groups is 1. The molecule has 0 spiro atoms. The van der Waals surface area contributed by atoms with E-state index in [-0.39, 0.29) is 0 Å². The van der Waals surface area contributed by atoms with Crippen molar-refractivity contribution >= 4 is 0 Å². The minimum atomic E-state index is 0.387. The first-order chi connectivity index (χ1) is 6.88. The minimum Gasteiger partial charge on any atom is -0.396 e. The molecule has 1 rings (SSSR count). The molecule has 0 aromatic rings. The van der Waals surface area contributed by atoms with Crippen LogP contribution in [0.4, 0.5) is 0 Å². The fraction of sp³-hybridized carbons (Fsp3) is 1.00. The van der Waals surface area contributed by atoms with Crippen LogP contribution in [-0.2, 0) is 0 Å². The molecule has 2 nitrogen and oxygen atoms in total. The van der Waals surface area contributed by atoms with Crippen LogP contribution in [0.1, 0.15) is 45.4 Å². The molecule has 1 aliphatic rings. The number of hydrogen-bond donors (Lipinski definition) is 2. The second-order valence-corrected chi connectivity index (χ2v) is 4.53. The molecule has 1 fully saturated rings. The summed E-state index contributed by atoms with van der Waals surface area (Å²) in [4.78, 5) is 0. The van der Waals surface area contributed by atoms with Gasteiger partial charge in [-0.25, -0.2) is 0 Å². The van der Waals surface area contributed by atoms with Crippen LogP contribution in [0.2, 0.25) is 0 Å². The van der Waals surface area contributed by atoms with Gasteiger partial charge in [-0.15, -0.1) is 0 Å². The highest BCUT2D eigenvalue weighted by molar-refractivity contribution is 4.75. The molecule has 0 aliphatic heterocycles. The van der Waals surface area contributed by atoms with Gasteiger partial charge >= 0.3 is 0 Å². The molecule has 0 saturated heterocycles. The van der Waals surface area contributed by atoms with E-state index in [1.807, 2.05) is 0 Å². The van der Waals surface area contributed by atoms with Crippen LogP contribution in [0.3, 0.4) is 0 Å². The number of nitrogens with one attached hydrogen (secondary N) is 1. The molecule has 1 atom stereocenters. The first-order valence-electron chi connectivity index (χ1n) is 6.20. The monoisotopic (exact) mass is 199 g/mol. The van der Waals surface area contributed by atoms with Crippen molar-refractivity contribution < 1.29 is 5.11 Å². The van der Waals surface area contributed by atoms with Gasteiger partial charge in [0.25, 0.3) is 0 Å². The number of rotatable bonds is 7. The largest absolute Gasteiger partial charge is 0.396 e. The van der Waals surface area contributed by atoms with Crippen molar-refractivity contribution in [2.75, 3.05) is 19.7 Å². The normalized spacial score (nSPS) is 20.1. The van der Waals surface area contributed by atoms with Crippen LogP contribution in [0.15, 0.2) is 0 Å². The van der Waals surface area contributed by atoms with E-state index in [0.717, 1.165) is 25.4 Å². The summed E-state index contributed by atoms with van der Waals surface area (Å²) >= 11 is 0. The first kappa shape index (κ1) is 12.0. The van der Waals surface area contributed by atoms with Crippen molar-refractivity contribution in [2.24, 2.45) is 11.8 Å². The molecule has 0 amide bonds. The van der Waals surface area contributed by atoms with Crippen LogP contribution in [-0.4, -0.2) is 24.8 Å². The predicted molar refractivity (Wildman–Crippen MR) is 60.3 cm³/mol. The molecule has 0 heterocycles. The molecule has 0 aromatic carbocycles. The maximum atomic E-state index is 9.32. The van der Waals surface area contributed by atoms with Gasteiger partial charge in [-0.05, 0) is 37.8 Å². The summed E-state index contributed by atoms with van der Waals surface area (Å²) in [5.74, 6) is 1.37. The quantitative estimate of drug-likeness (QED) is 0.616. The van der Waals surface area contributed by atoms with E-state index in [4.69, 9.17) is 0 Å². The van der Waals surface area contributed by atoms with Gasteiger partial charge in [0.1, 0.15) is 0 Å². The van der Waals surface area contributed by atoms with Gasteiger partial charge in [0, 0.05) is 6.61 Å². The van der Waals surface area contributed by atoms with Crippen LogP contribution in [0.5, 0.6) is 0 Å². The van der Waals surface area contributed by atoms with Gasteiger partial charge in [-0.3, -0.25) is 0 Å². The van der Waals surface area contributed by atoms with E-state index in [1.54, 1.807) is 0 Å². The predicted octanol–water partition coefficient (Wildman–Crippen LogP) is 2.17. The van der Waals surface area contributed by atoms with Crippen molar-refractivity contribution in [1.82, 2.24) is 5.32 Å². The fourth-order valence-corrected chi connectivity index (χ4v) is 2.49. The molecular weight excluding hydrogens is 174 g/mol. The highest BCUT2D eigenvalue weighted by atomic mass is 16.3. The van der Waals surface area contributed by atoms with E-state index in [2.05, 4.69) is 12.2 Å². The lowest BCUT2D eigenvalue weighted by atomic mass is 9.89. The van der Waals surface area contributed by atoms with E-state index in [0.29, 0.717) is 12.5 Å². The van der Waals surface area contributed by atoms with E-state index in [9.17, 15) is 5.11 Å². The molecule has 2 heteroatoms. The topological polar surface area (TPSA) is 32.3 Å². The molecule has 0 bridgehead atoms. The third-order valence-corrected chi connectivity index (χ3v) is 3.42. The lowest BCUT2D eigenvalue weighted by Gasteiger charge is -2.21. The second kappa shape index (κ2) is 7.24. The summed E-state index contributed by atoms with van der Waals surface area (Å²) in [6.07, 6.45) is 7.81. The Morgan fingerprint density at radius 1 is 1.29 bits per heavy atom. The summed E-state index contributed by atoms with van der Waals surface area (Å²) in [6.45, 7) is 4.77. The average Bonchev–Trinajstić information content (AvgIpc) is 2.71. The summed E-state index contributed by atoms with van der Waals surface area (Å²) in [5.41, 5.74) is 0. The van der Waals surface area contributed by atoms with Gasteiger partial charge in [-0.2, -0.15) is 0 Å². The summed E-state index contributed by atoms with van der Waals surface area (Å²) in [6, 6.07) is 0. The lowest BCUT2D eigenvalue weighted by Crippen LogP contribution is -2.24. The molecule has 1 unspecified atom stereocenters. The molecule has 0 aromatic heterocycles. The van der Waals surface area contributed by atoms with Crippen molar-refractivity contribution in [3.05, 3.63) is 0 Å². The molecule has 2 N–H and O–H groups in total. The third kappa shape index (κ3) is 3.97. The maximum absolute atomic E-state index is 9.32. The lowest BCUT2D eigenvalue weighted by molar-refractivity contribution is 0.167. The van der Waals surface area contributed by atoms with Gasteiger partial charge < -0.3 is 10.4 Å². The molecular formula is C12H25NO. The summed E-state index contributed by atoms with van der Waals surface area (Å²) in [5, 5.41) is 12.7. The molecule has 0 radical (unpaired) electrons. The number of hydrogen-bond acceptors (Lipinski definition) is 2. The SMILES string of the molecule is CCCNCCC(CO)C1CCCC1. The third-order valence-electron chi connectivity index (χ3n) is 3.42. The van der Waals surface area contributed by atoms with Gasteiger partial charge in [0.15, 0.2) is 0 Å². The average molecular weight is 199 g/mol. The Morgan fingerprint density at radius 3 is 2.57 bits per heavy atom. The second-order valence-electron chi connectivity index (χ2n) is 4.53. The Morgan fingerprint density at radius 2 is 2.00 bits per heavy atom. The fourth-order valence-electron chi connectivity index (χ4n) is 2.49. The Labute approximate surface area is 88.1 Å². The van der Waals surface area contributed by atoms with Crippen LogP contribution >= 0.6 is 0 Å². The minimum absolute atomic E-state index is 0.387. The van der Waals surface area contributed by atoms with Crippen LogP contribution in [0.25, 0.3) is 0 Å². The Hall–Kier alpha value is -0.0800. The van der Waals surface area contributed by atoms with E-state index < -0.39 is 0 Å². The van der Waals surface area contributed by atoms with Crippen molar-refractivity contribution in [3.8, 4) is 0 Å². The smallest absolute Gasteiger partial charge is 0.0462 e. The zero-order chi connectivity index (χ0) is 10.2. The highest BCUT2D eigenvalue weighted by Crippen LogP contribution is 2.32. The molecule has 84 valence electrons. The maximum Gasteiger partial charge on any atom is 0.0462 e. The van der Waals surface area contributed by atoms with Crippen LogP contribution in [0, 0.1) is 11.8 Å². The zero-order valence-corrected chi connectivity index (χ0v) is 9.47. The Kier molecular flexibility index (Phi) is 6.20. The van der Waals surface area contributed by atoms with Crippen LogP contribution < -0.4 is 5.32 Å². The van der Waals surface area contributed by atoms with Gasteiger partial charge in [-0.1, -0.05) is 32.6 Å². The molecule has 1 saturated carbocycles. The van der Waals surface area contributed by atoms with Gasteiger partial charge in [0.2, 0.25) is 0 Å².